The molecule has 1 aliphatic rings. The van der Waals surface area contributed by atoms with E-state index in [-0.39, 0.29) is 0 Å². The third kappa shape index (κ3) is 3.74. The van der Waals surface area contributed by atoms with E-state index < -0.39 is 0 Å². The van der Waals surface area contributed by atoms with Gasteiger partial charge in [-0.25, -0.2) is 0 Å². The van der Waals surface area contributed by atoms with Crippen LogP contribution in [0.4, 0.5) is 0 Å². The lowest BCUT2D eigenvalue weighted by molar-refractivity contribution is -0.131. The molecule has 1 rings (SSSR count). The summed E-state index contributed by atoms with van der Waals surface area (Å²) >= 11 is 0. The summed E-state index contributed by atoms with van der Waals surface area (Å²) in [6.07, 6.45) is 4.37. The minimum atomic E-state index is 0.319. The summed E-state index contributed by atoms with van der Waals surface area (Å²) in [5.41, 5.74) is 0. The van der Waals surface area contributed by atoms with E-state index in [1.807, 2.05) is 25.7 Å². The molecule has 72 valence electrons. The van der Waals surface area contributed by atoms with Gasteiger partial charge in [0.2, 0.25) is 5.91 Å². The summed E-state index contributed by atoms with van der Waals surface area (Å²) in [5.74, 6) is 0.319. The molecule has 0 radical (unpaired) electrons. The van der Waals surface area contributed by atoms with Crippen LogP contribution in [0.1, 0.15) is 46.5 Å². The second kappa shape index (κ2) is 7.14. The van der Waals surface area contributed by atoms with Crippen LogP contribution in [0.2, 0.25) is 0 Å². The third-order valence-corrected chi connectivity index (χ3v) is 2.01. The zero-order chi connectivity index (χ0) is 9.40. The van der Waals surface area contributed by atoms with Crippen molar-refractivity contribution in [3.05, 3.63) is 0 Å². The Labute approximate surface area is 75.9 Å². The van der Waals surface area contributed by atoms with E-state index in [1.165, 1.54) is 19.3 Å². The van der Waals surface area contributed by atoms with Crippen LogP contribution in [0.25, 0.3) is 0 Å². The number of likely N-dealkylation sites (tertiary alicyclic amines) is 1. The number of amides is 1. The molecule has 0 unspecified atom stereocenters. The van der Waals surface area contributed by atoms with Crippen LogP contribution in [0, 0.1) is 0 Å². The monoisotopic (exact) mass is 171 g/mol. The van der Waals surface area contributed by atoms with Crippen molar-refractivity contribution in [1.82, 2.24) is 4.90 Å². The maximum atomic E-state index is 11.1. The van der Waals surface area contributed by atoms with Crippen LogP contribution in [-0.4, -0.2) is 23.9 Å². The lowest BCUT2D eigenvalue weighted by atomic mass is 10.1. The molecule has 1 fully saturated rings. The van der Waals surface area contributed by atoms with E-state index in [0.29, 0.717) is 12.3 Å². The number of hydrogen-bond donors (Lipinski definition) is 0. The number of nitrogens with zero attached hydrogens (tertiary/aromatic N) is 1. The predicted molar refractivity (Wildman–Crippen MR) is 52.1 cm³/mol. The predicted octanol–water partition coefficient (Wildman–Crippen LogP) is 2.44. The third-order valence-electron chi connectivity index (χ3n) is 2.01. The molecule has 0 saturated carbocycles. The van der Waals surface area contributed by atoms with Gasteiger partial charge >= 0.3 is 0 Å². The Kier molecular flexibility index (Phi) is 6.82. The fraction of sp³-hybridized carbons (Fsp3) is 0.900. The van der Waals surface area contributed by atoms with Crippen molar-refractivity contribution in [3.63, 3.8) is 0 Å². The van der Waals surface area contributed by atoms with Gasteiger partial charge in [-0.15, -0.1) is 0 Å². The molecule has 0 spiro atoms. The van der Waals surface area contributed by atoms with Crippen molar-refractivity contribution in [3.8, 4) is 0 Å². The molecule has 2 nitrogen and oxygen atoms in total. The average molecular weight is 171 g/mol. The Morgan fingerprint density at radius 1 is 1.17 bits per heavy atom. The maximum Gasteiger partial charge on any atom is 0.222 e. The molecule has 0 atom stereocenters. The van der Waals surface area contributed by atoms with E-state index in [0.717, 1.165) is 13.1 Å². The normalized spacial score (nSPS) is 16.4. The number of carbonyl (C=O) groups excluding carboxylic acids is 1. The zero-order valence-corrected chi connectivity index (χ0v) is 8.60. The molecule has 0 bridgehead atoms. The van der Waals surface area contributed by atoms with Gasteiger partial charge in [-0.1, -0.05) is 20.8 Å². The first-order chi connectivity index (χ1) is 5.84. The summed E-state index contributed by atoms with van der Waals surface area (Å²) in [6.45, 7) is 7.91. The lowest BCUT2D eigenvalue weighted by Crippen LogP contribution is -2.34. The highest BCUT2D eigenvalue weighted by atomic mass is 16.2. The number of carbonyl (C=O) groups is 1. The molecule has 1 saturated heterocycles. The summed E-state index contributed by atoms with van der Waals surface area (Å²) in [5, 5.41) is 0. The minimum Gasteiger partial charge on any atom is -0.343 e. The SMILES string of the molecule is CC.CCC(=O)N1CCCCC1. The van der Waals surface area contributed by atoms with Crippen molar-refractivity contribution in [2.75, 3.05) is 13.1 Å². The molecular formula is C10H21NO. The Morgan fingerprint density at radius 2 is 1.67 bits per heavy atom. The summed E-state index contributed by atoms with van der Waals surface area (Å²) in [6, 6.07) is 0. The standard InChI is InChI=1S/C8H15NO.C2H6/c1-2-8(10)9-6-4-3-5-7-9;1-2/h2-7H2,1H3;1-2H3. The van der Waals surface area contributed by atoms with E-state index in [1.54, 1.807) is 0 Å². The highest BCUT2D eigenvalue weighted by molar-refractivity contribution is 5.75. The average Bonchev–Trinajstić information content (AvgIpc) is 2.21. The van der Waals surface area contributed by atoms with Gasteiger partial charge < -0.3 is 4.90 Å². The second-order valence-electron chi connectivity index (χ2n) is 2.80. The highest BCUT2D eigenvalue weighted by Crippen LogP contribution is 2.09. The molecule has 1 amide bonds. The molecule has 0 aromatic rings. The fourth-order valence-electron chi connectivity index (χ4n) is 1.37. The Bertz CT molecular complexity index is 117. The smallest absolute Gasteiger partial charge is 0.222 e. The van der Waals surface area contributed by atoms with Gasteiger partial charge in [0.15, 0.2) is 0 Å². The highest BCUT2D eigenvalue weighted by Gasteiger charge is 2.13. The molecule has 0 aliphatic carbocycles. The van der Waals surface area contributed by atoms with Gasteiger partial charge in [0.05, 0.1) is 0 Å². The van der Waals surface area contributed by atoms with Crippen molar-refractivity contribution in [2.24, 2.45) is 0 Å². The van der Waals surface area contributed by atoms with Gasteiger partial charge in [0.1, 0.15) is 0 Å². The Hall–Kier alpha value is -0.530. The van der Waals surface area contributed by atoms with E-state index in [2.05, 4.69) is 0 Å². The quantitative estimate of drug-likeness (QED) is 0.593. The van der Waals surface area contributed by atoms with Crippen LogP contribution in [-0.2, 0) is 4.79 Å². The zero-order valence-electron chi connectivity index (χ0n) is 8.60. The van der Waals surface area contributed by atoms with Crippen LogP contribution in [0.5, 0.6) is 0 Å². The molecule has 0 aromatic heterocycles. The molecule has 1 heterocycles. The van der Waals surface area contributed by atoms with Crippen molar-refractivity contribution < 1.29 is 4.79 Å². The molecule has 1 aliphatic heterocycles. The Morgan fingerprint density at radius 3 is 2.08 bits per heavy atom. The van der Waals surface area contributed by atoms with Gasteiger partial charge in [-0.2, -0.15) is 0 Å². The lowest BCUT2D eigenvalue weighted by Gasteiger charge is -2.26. The van der Waals surface area contributed by atoms with Crippen molar-refractivity contribution in [2.45, 2.75) is 46.5 Å². The van der Waals surface area contributed by atoms with Crippen molar-refractivity contribution >= 4 is 5.91 Å². The second-order valence-corrected chi connectivity index (χ2v) is 2.80. The minimum absolute atomic E-state index is 0.319. The first-order valence-electron chi connectivity index (χ1n) is 5.12. The number of hydrogen-bond acceptors (Lipinski definition) is 1. The molecule has 12 heavy (non-hydrogen) atoms. The molecule has 2 heteroatoms. The van der Waals surface area contributed by atoms with Crippen LogP contribution in [0.15, 0.2) is 0 Å². The molecular weight excluding hydrogens is 150 g/mol. The number of rotatable bonds is 1. The topological polar surface area (TPSA) is 20.3 Å². The van der Waals surface area contributed by atoms with E-state index in [4.69, 9.17) is 0 Å². The summed E-state index contributed by atoms with van der Waals surface area (Å²) < 4.78 is 0. The summed E-state index contributed by atoms with van der Waals surface area (Å²) in [4.78, 5) is 13.1. The van der Waals surface area contributed by atoms with Crippen LogP contribution in [0.3, 0.4) is 0 Å². The van der Waals surface area contributed by atoms with Gasteiger partial charge in [-0.3, -0.25) is 4.79 Å². The maximum absolute atomic E-state index is 11.1. The number of piperidine rings is 1. The van der Waals surface area contributed by atoms with E-state index >= 15 is 0 Å². The van der Waals surface area contributed by atoms with E-state index in [9.17, 15) is 4.79 Å². The van der Waals surface area contributed by atoms with Gasteiger partial charge in [0.25, 0.3) is 0 Å². The van der Waals surface area contributed by atoms with Gasteiger partial charge in [0, 0.05) is 19.5 Å². The first kappa shape index (κ1) is 11.5. The Balaban J connectivity index is 0.000000561. The van der Waals surface area contributed by atoms with Crippen LogP contribution < -0.4 is 0 Å². The fourth-order valence-corrected chi connectivity index (χ4v) is 1.37. The summed E-state index contributed by atoms with van der Waals surface area (Å²) in [7, 11) is 0. The first-order valence-corrected chi connectivity index (χ1v) is 5.12. The largest absolute Gasteiger partial charge is 0.343 e. The van der Waals surface area contributed by atoms with Crippen LogP contribution >= 0.6 is 0 Å². The van der Waals surface area contributed by atoms with Crippen molar-refractivity contribution in [1.29, 1.82) is 0 Å². The van der Waals surface area contributed by atoms with Gasteiger partial charge in [-0.05, 0) is 19.3 Å². The molecule has 0 aromatic carbocycles. The molecule has 0 N–H and O–H groups in total.